The van der Waals surface area contributed by atoms with Crippen molar-refractivity contribution in [2.75, 3.05) is 6.54 Å². The minimum Gasteiger partial charge on any atom is -0.356 e. The topological polar surface area (TPSA) is 70.7 Å². The highest BCUT2D eigenvalue weighted by molar-refractivity contribution is 5.78. The predicted octanol–water partition coefficient (Wildman–Crippen LogP) is 1.29. The van der Waals surface area contributed by atoms with Crippen LogP contribution in [-0.4, -0.2) is 27.6 Å². The maximum Gasteiger partial charge on any atom is 0.223 e. The molecule has 0 bridgehead atoms. The maximum atomic E-state index is 11.6. The van der Waals surface area contributed by atoms with E-state index in [4.69, 9.17) is 0 Å². The van der Waals surface area contributed by atoms with E-state index in [1.165, 1.54) is 6.33 Å². The van der Waals surface area contributed by atoms with Crippen LogP contribution in [0.2, 0.25) is 0 Å². The number of aryl methyl sites for hydroxylation is 1. The predicted molar refractivity (Wildman–Crippen MR) is 61.8 cm³/mol. The molecule has 16 heavy (non-hydrogen) atoms. The number of nitrogens with zero attached hydrogens (tertiary/aromatic N) is 2. The first-order valence-corrected chi connectivity index (χ1v) is 5.89. The van der Waals surface area contributed by atoms with E-state index in [1.54, 1.807) is 0 Å². The number of carbonyl (C=O) groups excluding carboxylic acids is 1. The Hall–Kier alpha value is -1.39. The molecule has 0 saturated heterocycles. The SMILES string of the molecule is CCC(CC)C(=O)NCCCc1ncn[nH]1. The molecule has 1 aromatic heterocycles. The fourth-order valence-corrected chi connectivity index (χ4v) is 1.62. The van der Waals surface area contributed by atoms with Gasteiger partial charge in [-0.1, -0.05) is 13.8 Å². The van der Waals surface area contributed by atoms with Gasteiger partial charge in [0.15, 0.2) is 0 Å². The van der Waals surface area contributed by atoms with Crippen molar-refractivity contribution < 1.29 is 4.79 Å². The van der Waals surface area contributed by atoms with Gasteiger partial charge in [-0.15, -0.1) is 0 Å². The molecule has 0 fully saturated rings. The summed E-state index contributed by atoms with van der Waals surface area (Å²) in [7, 11) is 0. The summed E-state index contributed by atoms with van der Waals surface area (Å²) in [6.45, 7) is 4.79. The lowest BCUT2D eigenvalue weighted by Gasteiger charge is -2.12. The van der Waals surface area contributed by atoms with Crippen LogP contribution in [0.15, 0.2) is 6.33 Å². The van der Waals surface area contributed by atoms with Crippen molar-refractivity contribution in [2.45, 2.75) is 39.5 Å². The van der Waals surface area contributed by atoms with Crippen molar-refractivity contribution >= 4 is 5.91 Å². The second-order valence-electron chi connectivity index (χ2n) is 3.84. The largest absolute Gasteiger partial charge is 0.356 e. The van der Waals surface area contributed by atoms with Crippen LogP contribution >= 0.6 is 0 Å². The number of aromatic nitrogens is 3. The summed E-state index contributed by atoms with van der Waals surface area (Å²) >= 11 is 0. The minimum atomic E-state index is 0.158. The second kappa shape index (κ2) is 6.98. The van der Waals surface area contributed by atoms with Crippen molar-refractivity contribution in [3.05, 3.63) is 12.2 Å². The Balaban J connectivity index is 2.13. The highest BCUT2D eigenvalue weighted by Crippen LogP contribution is 2.06. The molecule has 0 aliphatic rings. The average molecular weight is 224 g/mol. The zero-order chi connectivity index (χ0) is 11.8. The van der Waals surface area contributed by atoms with Gasteiger partial charge in [0, 0.05) is 18.9 Å². The van der Waals surface area contributed by atoms with E-state index in [-0.39, 0.29) is 11.8 Å². The maximum absolute atomic E-state index is 11.6. The minimum absolute atomic E-state index is 0.158. The summed E-state index contributed by atoms with van der Waals surface area (Å²) in [6.07, 6.45) is 5.03. The molecule has 5 heteroatoms. The normalized spacial score (nSPS) is 10.7. The van der Waals surface area contributed by atoms with E-state index >= 15 is 0 Å². The number of carbonyl (C=O) groups is 1. The Labute approximate surface area is 96.0 Å². The molecule has 90 valence electrons. The second-order valence-corrected chi connectivity index (χ2v) is 3.84. The summed E-state index contributed by atoms with van der Waals surface area (Å²) in [4.78, 5) is 15.6. The number of H-pyrrole nitrogens is 1. The monoisotopic (exact) mass is 224 g/mol. The zero-order valence-electron chi connectivity index (χ0n) is 9.99. The van der Waals surface area contributed by atoms with Crippen LogP contribution in [0.4, 0.5) is 0 Å². The molecule has 0 aliphatic heterocycles. The van der Waals surface area contributed by atoms with Gasteiger partial charge in [-0.25, -0.2) is 4.98 Å². The molecule has 0 aromatic carbocycles. The van der Waals surface area contributed by atoms with E-state index in [1.807, 2.05) is 13.8 Å². The first-order valence-electron chi connectivity index (χ1n) is 5.89. The van der Waals surface area contributed by atoms with E-state index < -0.39 is 0 Å². The van der Waals surface area contributed by atoms with E-state index in [0.29, 0.717) is 6.54 Å². The van der Waals surface area contributed by atoms with Crippen molar-refractivity contribution in [2.24, 2.45) is 5.92 Å². The van der Waals surface area contributed by atoms with Crippen LogP contribution in [0.5, 0.6) is 0 Å². The van der Waals surface area contributed by atoms with Crippen molar-refractivity contribution in [1.29, 1.82) is 0 Å². The van der Waals surface area contributed by atoms with Crippen molar-refractivity contribution in [1.82, 2.24) is 20.5 Å². The zero-order valence-corrected chi connectivity index (χ0v) is 9.99. The Kier molecular flexibility index (Phi) is 5.53. The Morgan fingerprint density at radius 2 is 2.25 bits per heavy atom. The lowest BCUT2D eigenvalue weighted by atomic mass is 10.0. The third-order valence-corrected chi connectivity index (χ3v) is 2.71. The van der Waals surface area contributed by atoms with Gasteiger partial charge >= 0.3 is 0 Å². The van der Waals surface area contributed by atoms with Crippen LogP contribution in [0.1, 0.15) is 38.9 Å². The summed E-state index contributed by atoms with van der Waals surface area (Å²) in [5.41, 5.74) is 0. The van der Waals surface area contributed by atoms with Crippen LogP contribution in [0.25, 0.3) is 0 Å². The molecule has 1 aromatic rings. The molecule has 0 atom stereocenters. The summed E-state index contributed by atoms with van der Waals surface area (Å²) in [5, 5.41) is 9.51. The molecule has 0 aliphatic carbocycles. The van der Waals surface area contributed by atoms with Gasteiger partial charge in [0.2, 0.25) is 5.91 Å². The molecule has 1 amide bonds. The first-order chi connectivity index (χ1) is 7.77. The summed E-state index contributed by atoms with van der Waals surface area (Å²) in [5.74, 6) is 1.20. The number of nitrogens with one attached hydrogen (secondary N) is 2. The summed E-state index contributed by atoms with van der Waals surface area (Å²) < 4.78 is 0. The molecule has 0 spiro atoms. The molecule has 5 nitrogen and oxygen atoms in total. The number of amides is 1. The molecule has 0 radical (unpaired) electrons. The van der Waals surface area contributed by atoms with Gasteiger partial charge < -0.3 is 5.32 Å². The Bertz CT molecular complexity index is 293. The van der Waals surface area contributed by atoms with Crippen LogP contribution in [-0.2, 0) is 11.2 Å². The van der Waals surface area contributed by atoms with Crippen LogP contribution < -0.4 is 5.32 Å². The van der Waals surface area contributed by atoms with Gasteiger partial charge in [-0.2, -0.15) is 5.10 Å². The Morgan fingerprint density at radius 3 is 2.81 bits per heavy atom. The van der Waals surface area contributed by atoms with Gasteiger partial charge in [-0.05, 0) is 19.3 Å². The van der Waals surface area contributed by atoms with E-state index in [2.05, 4.69) is 20.5 Å². The Morgan fingerprint density at radius 1 is 1.50 bits per heavy atom. The number of hydrogen-bond acceptors (Lipinski definition) is 3. The third kappa shape index (κ3) is 4.00. The lowest BCUT2D eigenvalue weighted by Crippen LogP contribution is -2.31. The van der Waals surface area contributed by atoms with E-state index in [0.717, 1.165) is 31.5 Å². The van der Waals surface area contributed by atoms with E-state index in [9.17, 15) is 4.79 Å². The lowest BCUT2D eigenvalue weighted by molar-refractivity contribution is -0.125. The van der Waals surface area contributed by atoms with Gasteiger partial charge in [0.05, 0.1) is 0 Å². The quantitative estimate of drug-likeness (QED) is 0.686. The molecular weight excluding hydrogens is 204 g/mol. The van der Waals surface area contributed by atoms with Crippen molar-refractivity contribution in [3.63, 3.8) is 0 Å². The number of rotatable bonds is 7. The molecular formula is C11H20N4O. The van der Waals surface area contributed by atoms with Gasteiger partial charge in [-0.3, -0.25) is 9.89 Å². The average Bonchev–Trinajstić information content (AvgIpc) is 2.79. The summed E-state index contributed by atoms with van der Waals surface area (Å²) in [6, 6.07) is 0. The van der Waals surface area contributed by atoms with Crippen LogP contribution in [0, 0.1) is 5.92 Å². The molecule has 1 rings (SSSR count). The first kappa shape index (κ1) is 12.7. The smallest absolute Gasteiger partial charge is 0.223 e. The van der Waals surface area contributed by atoms with Gasteiger partial charge in [0.25, 0.3) is 0 Å². The standard InChI is InChI=1S/C11H20N4O/c1-3-9(4-2)11(16)12-7-5-6-10-13-8-14-15-10/h8-9H,3-7H2,1-2H3,(H,12,16)(H,13,14,15). The van der Waals surface area contributed by atoms with Crippen LogP contribution in [0.3, 0.4) is 0 Å². The molecule has 1 heterocycles. The molecule has 0 unspecified atom stereocenters. The van der Waals surface area contributed by atoms with Crippen molar-refractivity contribution in [3.8, 4) is 0 Å². The fourth-order valence-electron chi connectivity index (χ4n) is 1.62. The highest BCUT2D eigenvalue weighted by Gasteiger charge is 2.12. The third-order valence-electron chi connectivity index (χ3n) is 2.71. The highest BCUT2D eigenvalue weighted by atomic mass is 16.1. The number of aromatic amines is 1. The fraction of sp³-hybridized carbons (Fsp3) is 0.727. The molecule has 0 saturated carbocycles. The molecule has 2 N–H and O–H groups in total. The van der Waals surface area contributed by atoms with Gasteiger partial charge in [0.1, 0.15) is 12.2 Å². The number of hydrogen-bond donors (Lipinski definition) is 2.